The molecule has 0 aromatic carbocycles. The summed E-state index contributed by atoms with van der Waals surface area (Å²) in [6.07, 6.45) is 6.83. The fourth-order valence-corrected chi connectivity index (χ4v) is 4.29. The van der Waals surface area contributed by atoms with E-state index in [2.05, 4.69) is 17.3 Å². The van der Waals surface area contributed by atoms with Gasteiger partial charge in [0.15, 0.2) is 0 Å². The van der Waals surface area contributed by atoms with E-state index in [9.17, 15) is 9.59 Å². The van der Waals surface area contributed by atoms with Crippen LogP contribution >= 0.6 is 0 Å². The third kappa shape index (κ3) is 3.23. The van der Waals surface area contributed by atoms with E-state index in [1.165, 1.54) is 19.4 Å². The first-order chi connectivity index (χ1) is 10.1. The molecule has 5 heteroatoms. The Balaban J connectivity index is 1.62. The van der Waals surface area contributed by atoms with Gasteiger partial charge in [-0.05, 0) is 45.7 Å². The van der Waals surface area contributed by atoms with Crippen LogP contribution in [0.4, 0.5) is 0 Å². The van der Waals surface area contributed by atoms with Gasteiger partial charge in [-0.3, -0.25) is 9.59 Å². The van der Waals surface area contributed by atoms with Crippen molar-refractivity contribution in [1.82, 2.24) is 15.1 Å². The van der Waals surface area contributed by atoms with Gasteiger partial charge in [0.1, 0.15) is 6.04 Å². The van der Waals surface area contributed by atoms with Gasteiger partial charge in [0, 0.05) is 31.5 Å². The minimum atomic E-state index is -0.281. The van der Waals surface area contributed by atoms with E-state index in [4.69, 9.17) is 0 Å². The molecule has 3 heterocycles. The van der Waals surface area contributed by atoms with Gasteiger partial charge in [0.25, 0.3) is 0 Å². The molecule has 118 valence electrons. The lowest BCUT2D eigenvalue weighted by atomic mass is 9.79. The van der Waals surface area contributed by atoms with E-state index >= 15 is 0 Å². The fraction of sp³-hybridized carbons (Fsp3) is 0.875. The van der Waals surface area contributed by atoms with Crippen LogP contribution in [-0.4, -0.2) is 60.9 Å². The number of hydrogen-bond acceptors (Lipinski definition) is 3. The van der Waals surface area contributed by atoms with Crippen LogP contribution in [0.15, 0.2) is 0 Å². The third-order valence-electron chi connectivity index (χ3n) is 5.38. The maximum atomic E-state index is 12.7. The second-order valence-corrected chi connectivity index (χ2v) is 7.22. The summed E-state index contributed by atoms with van der Waals surface area (Å²) in [6, 6.07) is -0.281. The Bertz CT molecular complexity index is 426. The molecule has 2 amide bonds. The molecule has 0 aromatic heterocycles. The van der Waals surface area contributed by atoms with Crippen LogP contribution in [0.2, 0.25) is 0 Å². The summed E-state index contributed by atoms with van der Waals surface area (Å²) in [4.78, 5) is 28.8. The Labute approximate surface area is 127 Å². The zero-order valence-electron chi connectivity index (χ0n) is 13.1. The van der Waals surface area contributed by atoms with Crippen molar-refractivity contribution in [2.45, 2.75) is 51.0 Å². The van der Waals surface area contributed by atoms with Gasteiger partial charge in [-0.25, -0.2) is 0 Å². The SMILES string of the molecule is CN1CCC[C@@]2(CCN(C(=O)[C@H]3CCCCC(=O)N3)C2)C1. The van der Waals surface area contributed by atoms with Crippen molar-refractivity contribution >= 4 is 11.8 Å². The summed E-state index contributed by atoms with van der Waals surface area (Å²) >= 11 is 0. The monoisotopic (exact) mass is 293 g/mol. The summed E-state index contributed by atoms with van der Waals surface area (Å²) in [5.41, 5.74) is 0.303. The largest absolute Gasteiger partial charge is 0.344 e. The third-order valence-corrected chi connectivity index (χ3v) is 5.38. The molecule has 5 nitrogen and oxygen atoms in total. The summed E-state index contributed by atoms with van der Waals surface area (Å²) in [5.74, 6) is 0.188. The van der Waals surface area contributed by atoms with Gasteiger partial charge in [0.05, 0.1) is 0 Å². The van der Waals surface area contributed by atoms with E-state index in [1.807, 2.05) is 4.90 Å². The smallest absolute Gasteiger partial charge is 0.245 e. The fourth-order valence-electron chi connectivity index (χ4n) is 4.29. The number of nitrogens with zero attached hydrogens (tertiary/aromatic N) is 2. The van der Waals surface area contributed by atoms with E-state index in [-0.39, 0.29) is 17.9 Å². The first-order valence-corrected chi connectivity index (χ1v) is 8.35. The maximum Gasteiger partial charge on any atom is 0.245 e. The number of hydrogen-bond donors (Lipinski definition) is 1. The maximum absolute atomic E-state index is 12.7. The number of likely N-dealkylation sites (tertiary alicyclic amines) is 2. The van der Waals surface area contributed by atoms with Gasteiger partial charge in [-0.2, -0.15) is 0 Å². The van der Waals surface area contributed by atoms with Crippen LogP contribution in [0.1, 0.15) is 44.9 Å². The normalized spacial score (nSPS) is 34.8. The van der Waals surface area contributed by atoms with E-state index in [1.54, 1.807) is 0 Å². The van der Waals surface area contributed by atoms with E-state index < -0.39 is 0 Å². The van der Waals surface area contributed by atoms with Crippen molar-refractivity contribution < 1.29 is 9.59 Å². The Morgan fingerprint density at radius 2 is 2.05 bits per heavy atom. The molecule has 0 aliphatic carbocycles. The predicted molar refractivity (Wildman–Crippen MR) is 80.8 cm³/mol. The Morgan fingerprint density at radius 3 is 2.86 bits per heavy atom. The molecule has 3 rings (SSSR count). The predicted octanol–water partition coefficient (Wildman–Crippen LogP) is 0.989. The second kappa shape index (κ2) is 5.95. The van der Waals surface area contributed by atoms with Gasteiger partial charge in [-0.1, -0.05) is 6.42 Å². The Kier molecular flexibility index (Phi) is 4.20. The molecular formula is C16H27N3O2. The van der Waals surface area contributed by atoms with Crippen molar-refractivity contribution in [3.63, 3.8) is 0 Å². The minimum Gasteiger partial charge on any atom is -0.344 e. The molecule has 2 atom stereocenters. The van der Waals surface area contributed by atoms with E-state index in [0.29, 0.717) is 11.8 Å². The number of carbonyl (C=O) groups excluding carboxylic acids is 2. The quantitative estimate of drug-likeness (QED) is 0.784. The van der Waals surface area contributed by atoms with Crippen molar-refractivity contribution in [2.75, 3.05) is 33.2 Å². The highest BCUT2D eigenvalue weighted by Crippen LogP contribution is 2.38. The molecule has 0 unspecified atom stereocenters. The lowest BCUT2D eigenvalue weighted by Gasteiger charge is -2.38. The van der Waals surface area contributed by atoms with Crippen molar-refractivity contribution in [1.29, 1.82) is 0 Å². The molecule has 21 heavy (non-hydrogen) atoms. The van der Waals surface area contributed by atoms with Crippen LogP contribution in [0.5, 0.6) is 0 Å². The van der Waals surface area contributed by atoms with Crippen molar-refractivity contribution in [2.24, 2.45) is 5.41 Å². The first kappa shape index (κ1) is 14.8. The summed E-state index contributed by atoms with van der Waals surface area (Å²) < 4.78 is 0. The molecule has 1 N–H and O–H groups in total. The van der Waals surface area contributed by atoms with E-state index in [0.717, 1.165) is 45.3 Å². The number of amides is 2. The molecule has 0 radical (unpaired) electrons. The molecule has 0 aromatic rings. The molecule has 3 aliphatic heterocycles. The number of rotatable bonds is 1. The van der Waals surface area contributed by atoms with Gasteiger partial charge in [-0.15, -0.1) is 0 Å². The zero-order chi connectivity index (χ0) is 14.9. The average Bonchev–Trinajstić information content (AvgIpc) is 2.71. The summed E-state index contributed by atoms with van der Waals surface area (Å²) in [5, 5.41) is 2.92. The highest BCUT2D eigenvalue weighted by molar-refractivity contribution is 5.88. The van der Waals surface area contributed by atoms with Crippen molar-refractivity contribution in [3.8, 4) is 0 Å². The molecule has 1 spiro atoms. The lowest BCUT2D eigenvalue weighted by Crippen LogP contribution is -2.49. The molecule has 3 aliphatic rings. The minimum absolute atomic E-state index is 0.0390. The van der Waals surface area contributed by atoms with Gasteiger partial charge in [0.2, 0.25) is 11.8 Å². The Morgan fingerprint density at radius 1 is 1.19 bits per heavy atom. The standard InChI is InChI=1S/C16H27N3O2/c1-18-9-4-7-16(11-18)8-10-19(12-16)15(21)13-5-2-3-6-14(20)17-13/h13H,2-12H2,1H3,(H,17,20)/t13-,16-/m1/s1. The molecule has 0 bridgehead atoms. The highest BCUT2D eigenvalue weighted by atomic mass is 16.2. The van der Waals surface area contributed by atoms with Crippen LogP contribution < -0.4 is 5.32 Å². The molecule has 3 fully saturated rings. The van der Waals surface area contributed by atoms with Crippen molar-refractivity contribution in [3.05, 3.63) is 0 Å². The van der Waals surface area contributed by atoms with Crippen LogP contribution in [0.25, 0.3) is 0 Å². The highest BCUT2D eigenvalue weighted by Gasteiger charge is 2.43. The number of carbonyl (C=O) groups is 2. The second-order valence-electron chi connectivity index (χ2n) is 7.22. The first-order valence-electron chi connectivity index (χ1n) is 8.35. The zero-order valence-corrected chi connectivity index (χ0v) is 13.1. The molecule has 0 saturated carbocycles. The summed E-state index contributed by atoms with van der Waals surface area (Å²) in [6.45, 7) is 4.02. The molecular weight excluding hydrogens is 266 g/mol. The average molecular weight is 293 g/mol. The topological polar surface area (TPSA) is 52.7 Å². The lowest BCUT2D eigenvalue weighted by molar-refractivity contribution is -0.135. The summed E-state index contributed by atoms with van der Waals surface area (Å²) in [7, 11) is 2.18. The van der Waals surface area contributed by atoms with Crippen LogP contribution in [0.3, 0.4) is 0 Å². The van der Waals surface area contributed by atoms with Crippen LogP contribution in [0, 0.1) is 5.41 Å². The number of piperidine rings is 1. The molecule has 3 saturated heterocycles. The Hall–Kier alpha value is -1.10. The number of nitrogens with one attached hydrogen (secondary N) is 1. The van der Waals surface area contributed by atoms with Crippen LogP contribution in [-0.2, 0) is 9.59 Å². The van der Waals surface area contributed by atoms with Gasteiger partial charge >= 0.3 is 0 Å². The van der Waals surface area contributed by atoms with Gasteiger partial charge < -0.3 is 15.1 Å².